The Bertz CT molecular complexity index is 502. The second kappa shape index (κ2) is 4.89. The van der Waals surface area contributed by atoms with Gasteiger partial charge in [-0.2, -0.15) is 0 Å². The third kappa shape index (κ3) is 2.76. The van der Waals surface area contributed by atoms with Gasteiger partial charge in [-0.15, -0.1) is 0 Å². The standard InChI is InChI=1S/C14H18F2N2O/c1-14(2)11(17)7-12(14)18-13(19)6-8-3-4-9(15)10(16)5-8/h3-5,11-12H,6-7,17H2,1-2H3,(H,18,19). The molecular weight excluding hydrogens is 250 g/mol. The molecule has 1 aromatic carbocycles. The van der Waals surface area contributed by atoms with Crippen molar-refractivity contribution in [3.05, 3.63) is 35.4 Å². The van der Waals surface area contributed by atoms with Crippen LogP contribution in [0.4, 0.5) is 8.78 Å². The Morgan fingerprint density at radius 3 is 2.63 bits per heavy atom. The number of rotatable bonds is 3. The lowest BCUT2D eigenvalue weighted by Crippen LogP contribution is -2.64. The Morgan fingerprint density at radius 2 is 2.11 bits per heavy atom. The first-order chi connectivity index (χ1) is 8.80. The Kier molecular flexibility index (Phi) is 3.58. The third-order valence-electron chi connectivity index (χ3n) is 4.03. The van der Waals surface area contributed by atoms with E-state index in [1.54, 1.807) is 0 Å². The zero-order chi connectivity index (χ0) is 14.2. The minimum Gasteiger partial charge on any atom is -0.352 e. The quantitative estimate of drug-likeness (QED) is 0.877. The van der Waals surface area contributed by atoms with Crippen molar-refractivity contribution < 1.29 is 13.6 Å². The minimum atomic E-state index is -0.934. The highest BCUT2D eigenvalue weighted by atomic mass is 19.2. The van der Waals surface area contributed by atoms with Crippen molar-refractivity contribution >= 4 is 5.91 Å². The number of benzene rings is 1. The van der Waals surface area contributed by atoms with E-state index in [2.05, 4.69) is 5.32 Å². The Hall–Kier alpha value is -1.49. The highest BCUT2D eigenvalue weighted by Crippen LogP contribution is 2.38. The summed E-state index contributed by atoms with van der Waals surface area (Å²) in [5, 5.41) is 2.88. The summed E-state index contributed by atoms with van der Waals surface area (Å²) in [4.78, 5) is 11.8. The number of nitrogens with two attached hydrogens (primary N) is 1. The van der Waals surface area contributed by atoms with Gasteiger partial charge in [0.25, 0.3) is 0 Å². The van der Waals surface area contributed by atoms with Crippen molar-refractivity contribution in [2.24, 2.45) is 11.1 Å². The summed E-state index contributed by atoms with van der Waals surface area (Å²) in [6.45, 7) is 4.01. The van der Waals surface area contributed by atoms with Crippen molar-refractivity contribution in [2.45, 2.75) is 38.8 Å². The number of carbonyl (C=O) groups is 1. The zero-order valence-electron chi connectivity index (χ0n) is 11.0. The summed E-state index contributed by atoms with van der Waals surface area (Å²) in [7, 11) is 0. The molecule has 1 aromatic rings. The molecule has 1 saturated carbocycles. The summed E-state index contributed by atoms with van der Waals surface area (Å²) in [6, 6.07) is 3.62. The summed E-state index contributed by atoms with van der Waals surface area (Å²) < 4.78 is 25.8. The van der Waals surface area contributed by atoms with E-state index < -0.39 is 11.6 Å². The topological polar surface area (TPSA) is 55.1 Å². The van der Waals surface area contributed by atoms with Crippen molar-refractivity contribution in [2.75, 3.05) is 0 Å². The van der Waals surface area contributed by atoms with E-state index in [1.165, 1.54) is 6.07 Å². The van der Waals surface area contributed by atoms with Crippen LogP contribution in [0, 0.1) is 17.0 Å². The van der Waals surface area contributed by atoms with Gasteiger partial charge < -0.3 is 11.1 Å². The first-order valence-corrected chi connectivity index (χ1v) is 6.29. The van der Waals surface area contributed by atoms with Gasteiger partial charge in [0.15, 0.2) is 11.6 Å². The van der Waals surface area contributed by atoms with E-state index >= 15 is 0 Å². The lowest BCUT2D eigenvalue weighted by molar-refractivity contribution is -0.123. The van der Waals surface area contributed by atoms with Gasteiger partial charge in [-0.05, 0) is 24.1 Å². The lowest BCUT2D eigenvalue weighted by Gasteiger charge is -2.50. The fourth-order valence-corrected chi connectivity index (χ4v) is 2.28. The molecule has 0 aliphatic heterocycles. The number of hydrogen-bond acceptors (Lipinski definition) is 2. The molecule has 0 saturated heterocycles. The maximum absolute atomic E-state index is 13.0. The normalized spacial score (nSPS) is 24.7. The van der Waals surface area contributed by atoms with E-state index in [0.717, 1.165) is 18.6 Å². The molecule has 2 atom stereocenters. The molecule has 0 spiro atoms. The van der Waals surface area contributed by atoms with Crippen LogP contribution in [0.3, 0.4) is 0 Å². The minimum absolute atomic E-state index is 0.0407. The van der Waals surface area contributed by atoms with Crippen molar-refractivity contribution in [1.29, 1.82) is 0 Å². The predicted octanol–water partition coefficient (Wildman–Crippen LogP) is 1.75. The zero-order valence-corrected chi connectivity index (χ0v) is 11.0. The van der Waals surface area contributed by atoms with Crippen LogP contribution in [-0.2, 0) is 11.2 Å². The summed E-state index contributed by atoms with van der Waals surface area (Å²) in [5.74, 6) is -2.04. The monoisotopic (exact) mass is 268 g/mol. The van der Waals surface area contributed by atoms with Crippen molar-refractivity contribution in [3.8, 4) is 0 Å². The van der Waals surface area contributed by atoms with Gasteiger partial charge in [0, 0.05) is 17.5 Å². The van der Waals surface area contributed by atoms with Crippen LogP contribution in [-0.4, -0.2) is 18.0 Å². The molecule has 1 fully saturated rings. The number of nitrogens with one attached hydrogen (secondary N) is 1. The van der Waals surface area contributed by atoms with Crippen LogP contribution in [0.25, 0.3) is 0 Å². The SMILES string of the molecule is CC1(C)C(N)CC1NC(=O)Cc1ccc(F)c(F)c1. The Labute approximate surface area is 111 Å². The highest BCUT2D eigenvalue weighted by molar-refractivity contribution is 5.79. The van der Waals surface area contributed by atoms with Crippen molar-refractivity contribution in [1.82, 2.24) is 5.32 Å². The molecule has 3 N–H and O–H groups in total. The van der Waals surface area contributed by atoms with E-state index in [4.69, 9.17) is 5.73 Å². The molecule has 1 aliphatic rings. The van der Waals surface area contributed by atoms with Crippen LogP contribution in [0.2, 0.25) is 0 Å². The molecule has 3 nitrogen and oxygen atoms in total. The molecule has 1 aliphatic carbocycles. The van der Waals surface area contributed by atoms with Crippen molar-refractivity contribution in [3.63, 3.8) is 0 Å². The van der Waals surface area contributed by atoms with Gasteiger partial charge in [0.2, 0.25) is 5.91 Å². The van der Waals surface area contributed by atoms with E-state index in [0.29, 0.717) is 5.56 Å². The average Bonchev–Trinajstić information content (AvgIpc) is 2.33. The predicted molar refractivity (Wildman–Crippen MR) is 68.4 cm³/mol. The maximum atomic E-state index is 13.0. The van der Waals surface area contributed by atoms with Gasteiger partial charge >= 0.3 is 0 Å². The van der Waals surface area contributed by atoms with Gasteiger partial charge in [0.1, 0.15) is 0 Å². The van der Waals surface area contributed by atoms with Crippen LogP contribution in [0.1, 0.15) is 25.8 Å². The number of amides is 1. The van der Waals surface area contributed by atoms with E-state index in [9.17, 15) is 13.6 Å². The lowest BCUT2D eigenvalue weighted by atomic mass is 9.63. The van der Waals surface area contributed by atoms with Crippen LogP contribution in [0.15, 0.2) is 18.2 Å². The van der Waals surface area contributed by atoms with Gasteiger partial charge in [-0.25, -0.2) is 8.78 Å². The molecule has 0 aromatic heterocycles. The largest absolute Gasteiger partial charge is 0.352 e. The van der Waals surface area contributed by atoms with Gasteiger partial charge in [-0.3, -0.25) is 4.79 Å². The molecule has 104 valence electrons. The molecule has 0 bridgehead atoms. The van der Waals surface area contributed by atoms with Crippen LogP contribution >= 0.6 is 0 Å². The average molecular weight is 268 g/mol. The molecule has 1 amide bonds. The molecule has 5 heteroatoms. The smallest absolute Gasteiger partial charge is 0.224 e. The molecular formula is C14H18F2N2O. The molecule has 19 heavy (non-hydrogen) atoms. The molecule has 2 rings (SSSR count). The van der Waals surface area contributed by atoms with Gasteiger partial charge in [0.05, 0.1) is 6.42 Å². The van der Waals surface area contributed by atoms with Gasteiger partial charge in [-0.1, -0.05) is 19.9 Å². The summed E-state index contributed by atoms with van der Waals surface area (Å²) >= 11 is 0. The fourth-order valence-electron chi connectivity index (χ4n) is 2.28. The maximum Gasteiger partial charge on any atom is 0.224 e. The third-order valence-corrected chi connectivity index (χ3v) is 4.03. The summed E-state index contributed by atoms with van der Waals surface area (Å²) in [6.07, 6.45) is 0.787. The number of carbonyl (C=O) groups excluding carboxylic acids is 1. The molecule has 2 unspecified atom stereocenters. The summed E-state index contributed by atoms with van der Waals surface area (Å²) in [5.41, 5.74) is 6.20. The second-order valence-corrected chi connectivity index (χ2v) is 5.71. The Morgan fingerprint density at radius 1 is 1.42 bits per heavy atom. The molecule has 0 heterocycles. The van der Waals surface area contributed by atoms with E-state index in [1.807, 2.05) is 13.8 Å². The highest BCUT2D eigenvalue weighted by Gasteiger charge is 2.46. The first-order valence-electron chi connectivity index (χ1n) is 6.29. The van der Waals surface area contributed by atoms with Crippen LogP contribution < -0.4 is 11.1 Å². The fraction of sp³-hybridized carbons (Fsp3) is 0.500. The second-order valence-electron chi connectivity index (χ2n) is 5.71. The molecule has 0 radical (unpaired) electrons. The van der Waals surface area contributed by atoms with Crippen LogP contribution in [0.5, 0.6) is 0 Å². The van der Waals surface area contributed by atoms with E-state index in [-0.39, 0.29) is 29.8 Å². The number of halogens is 2. The Balaban J connectivity index is 1.93. The number of hydrogen-bond donors (Lipinski definition) is 2. The first kappa shape index (κ1) is 13.9.